The Morgan fingerprint density at radius 2 is 1.96 bits per heavy atom. The van der Waals surface area contributed by atoms with Crippen molar-refractivity contribution < 1.29 is 4.79 Å². The fourth-order valence-corrected chi connectivity index (χ4v) is 3.24. The van der Waals surface area contributed by atoms with Crippen molar-refractivity contribution in [3.8, 4) is 0 Å². The van der Waals surface area contributed by atoms with E-state index in [2.05, 4.69) is 49.7 Å². The maximum atomic E-state index is 11.8. The SMILES string of the molecule is CCNC(=O)c1ccc(N2CCN(Cc3nccn3C(C)C)CC2)nc1. The van der Waals surface area contributed by atoms with E-state index in [1.165, 1.54) is 0 Å². The predicted octanol–water partition coefficient (Wildman–Crippen LogP) is 1.93. The monoisotopic (exact) mass is 356 g/mol. The summed E-state index contributed by atoms with van der Waals surface area (Å²) in [6.07, 6.45) is 5.59. The van der Waals surface area contributed by atoms with Crippen LogP contribution in [-0.2, 0) is 6.54 Å². The summed E-state index contributed by atoms with van der Waals surface area (Å²) < 4.78 is 2.23. The lowest BCUT2D eigenvalue weighted by atomic mass is 10.2. The van der Waals surface area contributed by atoms with Gasteiger partial charge in [-0.1, -0.05) is 0 Å². The first-order valence-corrected chi connectivity index (χ1v) is 9.31. The Morgan fingerprint density at radius 3 is 2.58 bits per heavy atom. The molecule has 0 atom stereocenters. The van der Waals surface area contributed by atoms with E-state index in [-0.39, 0.29) is 5.91 Å². The van der Waals surface area contributed by atoms with Gasteiger partial charge in [-0.05, 0) is 32.9 Å². The van der Waals surface area contributed by atoms with Gasteiger partial charge in [-0.2, -0.15) is 0 Å². The third-order valence-corrected chi connectivity index (χ3v) is 4.71. The van der Waals surface area contributed by atoms with E-state index >= 15 is 0 Å². The molecule has 2 aromatic rings. The Morgan fingerprint density at radius 1 is 1.19 bits per heavy atom. The second-order valence-corrected chi connectivity index (χ2v) is 6.87. The van der Waals surface area contributed by atoms with Crippen molar-refractivity contribution in [3.05, 3.63) is 42.1 Å². The van der Waals surface area contributed by atoms with Gasteiger partial charge >= 0.3 is 0 Å². The number of imidazole rings is 1. The van der Waals surface area contributed by atoms with Gasteiger partial charge in [0, 0.05) is 57.4 Å². The third-order valence-electron chi connectivity index (χ3n) is 4.71. The molecule has 140 valence electrons. The Balaban J connectivity index is 1.55. The normalized spacial score (nSPS) is 15.5. The summed E-state index contributed by atoms with van der Waals surface area (Å²) in [5.74, 6) is 1.98. The second kappa shape index (κ2) is 8.31. The van der Waals surface area contributed by atoms with Crippen LogP contribution in [-0.4, -0.2) is 58.1 Å². The maximum absolute atomic E-state index is 11.8. The van der Waals surface area contributed by atoms with Crippen molar-refractivity contribution in [2.24, 2.45) is 0 Å². The summed E-state index contributed by atoms with van der Waals surface area (Å²) >= 11 is 0. The summed E-state index contributed by atoms with van der Waals surface area (Å²) in [7, 11) is 0. The highest BCUT2D eigenvalue weighted by atomic mass is 16.1. The summed E-state index contributed by atoms with van der Waals surface area (Å²) in [4.78, 5) is 25.5. The van der Waals surface area contributed by atoms with E-state index in [0.717, 1.165) is 44.4 Å². The number of nitrogens with zero attached hydrogens (tertiary/aromatic N) is 5. The lowest BCUT2D eigenvalue weighted by Crippen LogP contribution is -2.46. The molecule has 0 aromatic carbocycles. The highest BCUT2D eigenvalue weighted by Crippen LogP contribution is 2.16. The van der Waals surface area contributed by atoms with Crippen LogP contribution in [0.2, 0.25) is 0 Å². The second-order valence-electron chi connectivity index (χ2n) is 6.87. The molecule has 1 aliphatic heterocycles. The Kier molecular flexibility index (Phi) is 5.88. The van der Waals surface area contributed by atoms with Gasteiger partial charge in [0.25, 0.3) is 5.91 Å². The highest BCUT2D eigenvalue weighted by molar-refractivity contribution is 5.93. The van der Waals surface area contributed by atoms with Gasteiger partial charge in [0.1, 0.15) is 11.6 Å². The van der Waals surface area contributed by atoms with Crippen LogP contribution in [0.1, 0.15) is 43.0 Å². The van der Waals surface area contributed by atoms with Crippen molar-refractivity contribution in [1.29, 1.82) is 0 Å². The Labute approximate surface area is 155 Å². The average molecular weight is 356 g/mol. The van der Waals surface area contributed by atoms with Crippen LogP contribution in [0.25, 0.3) is 0 Å². The van der Waals surface area contributed by atoms with Gasteiger partial charge in [0.2, 0.25) is 0 Å². The number of amides is 1. The molecule has 1 aliphatic rings. The Bertz CT molecular complexity index is 716. The number of piperazine rings is 1. The summed E-state index contributed by atoms with van der Waals surface area (Å²) in [5.41, 5.74) is 0.606. The molecule has 1 fully saturated rings. The molecular formula is C19H28N6O. The van der Waals surface area contributed by atoms with E-state index in [0.29, 0.717) is 18.2 Å². The first-order chi connectivity index (χ1) is 12.6. The van der Waals surface area contributed by atoms with Gasteiger partial charge in [-0.3, -0.25) is 9.69 Å². The molecule has 2 aromatic heterocycles. The zero-order valence-corrected chi connectivity index (χ0v) is 15.9. The van der Waals surface area contributed by atoms with Gasteiger partial charge in [-0.25, -0.2) is 9.97 Å². The molecule has 7 nitrogen and oxygen atoms in total. The van der Waals surface area contributed by atoms with Gasteiger partial charge in [-0.15, -0.1) is 0 Å². The van der Waals surface area contributed by atoms with E-state index in [1.54, 1.807) is 6.20 Å². The van der Waals surface area contributed by atoms with Crippen molar-refractivity contribution in [2.45, 2.75) is 33.4 Å². The number of rotatable bonds is 6. The fourth-order valence-electron chi connectivity index (χ4n) is 3.24. The minimum absolute atomic E-state index is 0.0722. The van der Waals surface area contributed by atoms with E-state index in [9.17, 15) is 4.79 Å². The number of hydrogen-bond acceptors (Lipinski definition) is 5. The number of carbonyl (C=O) groups excluding carboxylic acids is 1. The van der Waals surface area contributed by atoms with E-state index in [1.807, 2.05) is 25.3 Å². The van der Waals surface area contributed by atoms with Crippen molar-refractivity contribution in [2.75, 3.05) is 37.6 Å². The van der Waals surface area contributed by atoms with Crippen LogP contribution >= 0.6 is 0 Å². The lowest BCUT2D eigenvalue weighted by Gasteiger charge is -2.35. The standard InChI is InChI=1S/C19H28N6O/c1-4-20-19(26)16-5-6-17(22-13-16)24-11-9-23(10-12-24)14-18-21-7-8-25(18)15(2)3/h5-8,13,15H,4,9-12,14H2,1-3H3,(H,20,26). The largest absolute Gasteiger partial charge is 0.354 e. The van der Waals surface area contributed by atoms with Crippen LogP contribution in [0.15, 0.2) is 30.7 Å². The summed E-state index contributed by atoms with van der Waals surface area (Å²) in [6.45, 7) is 11.6. The first-order valence-electron chi connectivity index (χ1n) is 9.31. The molecule has 0 unspecified atom stereocenters. The van der Waals surface area contributed by atoms with Gasteiger partial charge in [0.15, 0.2) is 0 Å². The molecule has 0 saturated carbocycles. The van der Waals surface area contributed by atoms with Crippen LogP contribution in [0.5, 0.6) is 0 Å². The number of nitrogens with one attached hydrogen (secondary N) is 1. The topological polar surface area (TPSA) is 66.3 Å². The number of anilines is 1. The van der Waals surface area contributed by atoms with Crippen LogP contribution in [0, 0.1) is 0 Å². The molecule has 1 N–H and O–H groups in total. The highest BCUT2D eigenvalue weighted by Gasteiger charge is 2.20. The molecular weight excluding hydrogens is 328 g/mol. The predicted molar refractivity (Wildman–Crippen MR) is 102 cm³/mol. The molecule has 1 amide bonds. The minimum Gasteiger partial charge on any atom is -0.354 e. The average Bonchev–Trinajstić information content (AvgIpc) is 3.11. The Hall–Kier alpha value is -2.41. The molecule has 0 radical (unpaired) electrons. The molecule has 0 aliphatic carbocycles. The summed E-state index contributed by atoms with van der Waals surface area (Å²) in [6, 6.07) is 4.21. The smallest absolute Gasteiger partial charge is 0.252 e. The quantitative estimate of drug-likeness (QED) is 0.857. The summed E-state index contributed by atoms with van der Waals surface area (Å²) in [5, 5.41) is 2.79. The zero-order valence-electron chi connectivity index (χ0n) is 15.9. The molecule has 3 rings (SSSR count). The number of aromatic nitrogens is 3. The number of pyridine rings is 1. The van der Waals surface area contributed by atoms with Crippen LogP contribution < -0.4 is 10.2 Å². The zero-order chi connectivity index (χ0) is 18.5. The maximum Gasteiger partial charge on any atom is 0.252 e. The van der Waals surface area contributed by atoms with Gasteiger partial charge < -0.3 is 14.8 Å². The molecule has 26 heavy (non-hydrogen) atoms. The number of carbonyl (C=O) groups is 1. The third kappa shape index (κ3) is 4.22. The van der Waals surface area contributed by atoms with Crippen molar-refractivity contribution >= 4 is 11.7 Å². The molecule has 7 heteroatoms. The van der Waals surface area contributed by atoms with Crippen LogP contribution in [0.3, 0.4) is 0 Å². The molecule has 0 bridgehead atoms. The van der Waals surface area contributed by atoms with Gasteiger partial charge in [0.05, 0.1) is 12.1 Å². The first kappa shape index (κ1) is 18.4. The minimum atomic E-state index is -0.0722. The number of hydrogen-bond donors (Lipinski definition) is 1. The van der Waals surface area contributed by atoms with Crippen molar-refractivity contribution in [1.82, 2.24) is 24.8 Å². The van der Waals surface area contributed by atoms with Crippen LogP contribution in [0.4, 0.5) is 5.82 Å². The van der Waals surface area contributed by atoms with E-state index < -0.39 is 0 Å². The lowest BCUT2D eigenvalue weighted by molar-refractivity contribution is 0.0955. The molecule has 0 spiro atoms. The fraction of sp³-hybridized carbons (Fsp3) is 0.526. The molecule has 1 saturated heterocycles. The van der Waals surface area contributed by atoms with Crippen molar-refractivity contribution in [3.63, 3.8) is 0 Å². The van der Waals surface area contributed by atoms with E-state index in [4.69, 9.17) is 0 Å². The molecule has 3 heterocycles.